The van der Waals surface area contributed by atoms with Crippen molar-refractivity contribution in [1.29, 1.82) is 0 Å². The molecule has 2 rings (SSSR count). The molecule has 0 aromatic heterocycles. The Morgan fingerprint density at radius 3 is 2.86 bits per heavy atom. The number of nitrogens with zero attached hydrogens (tertiary/aromatic N) is 1. The molecule has 14 heavy (non-hydrogen) atoms. The zero-order chi connectivity index (χ0) is 10.1. The van der Waals surface area contributed by atoms with Gasteiger partial charge in [0.25, 0.3) is 0 Å². The van der Waals surface area contributed by atoms with E-state index in [0.717, 1.165) is 34.7 Å². The zero-order valence-electron chi connectivity index (χ0n) is 7.71. The van der Waals surface area contributed by atoms with Crippen molar-refractivity contribution in [2.75, 3.05) is 18.0 Å². The van der Waals surface area contributed by atoms with E-state index in [-0.39, 0.29) is 6.04 Å². The Morgan fingerprint density at radius 2 is 2.29 bits per heavy atom. The molecule has 2 nitrogen and oxygen atoms in total. The van der Waals surface area contributed by atoms with E-state index >= 15 is 0 Å². The normalized spacial score (nSPS) is 21.6. The molecule has 0 aliphatic carbocycles. The van der Waals surface area contributed by atoms with E-state index in [1.165, 1.54) is 0 Å². The fraction of sp³-hybridized carbons (Fsp3) is 0.400. The second-order valence-electron chi connectivity index (χ2n) is 3.59. The number of benzene rings is 1. The van der Waals surface area contributed by atoms with Gasteiger partial charge in [-0.15, -0.1) is 0 Å². The zero-order valence-corrected chi connectivity index (χ0v) is 10.1. The van der Waals surface area contributed by atoms with Gasteiger partial charge in [0.15, 0.2) is 0 Å². The third-order valence-electron chi connectivity index (χ3n) is 2.48. The first kappa shape index (κ1) is 10.3. The van der Waals surface area contributed by atoms with E-state index in [1.54, 1.807) is 0 Å². The van der Waals surface area contributed by atoms with Crippen LogP contribution in [0.2, 0.25) is 5.02 Å². The Balaban J connectivity index is 2.24. The van der Waals surface area contributed by atoms with Gasteiger partial charge in [0.1, 0.15) is 0 Å². The lowest BCUT2D eigenvalue weighted by Crippen LogP contribution is -2.26. The maximum absolute atomic E-state index is 6.14. The average Bonchev–Trinajstić information content (AvgIpc) is 2.51. The molecule has 4 heteroatoms. The van der Waals surface area contributed by atoms with Crippen LogP contribution < -0.4 is 10.6 Å². The van der Waals surface area contributed by atoms with E-state index in [0.29, 0.717) is 0 Å². The van der Waals surface area contributed by atoms with Crippen molar-refractivity contribution < 1.29 is 0 Å². The van der Waals surface area contributed by atoms with E-state index < -0.39 is 0 Å². The van der Waals surface area contributed by atoms with Gasteiger partial charge in [0.05, 0.1) is 10.7 Å². The minimum atomic E-state index is 0.287. The molecule has 0 spiro atoms. The van der Waals surface area contributed by atoms with Gasteiger partial charge in [-0.05, 0) is 24.6 Å². The van der Waals surface area contributed by atoms with Crippen molar-refractivity contribution in [3.8, 4) is 0 Å². The molecule has 76 valence electrons. The van der Waals surface area contributed by atoms with Crippen LogP contribution in [0.3, 0.4) is 0 Å². The van der Waals surface area contributed by atoms with Gasteiger partial charge in [-0.25, -0.2) is 0 Å². The smallest absolute Gasteiger partial charge is 0.0650 e. The summed E-state index contributed by atoms with van der Waals surface area (Å²) in [6, 6.07) is 6.24. The standard InChI is InChI=1S/C10H12BrClN2/c11-7-1-2-10(9(12)5-7)14-4-3-8(13)6-14/h1-2,5,8H,3-4,6,13H2. The van der Waals surface area contributed by atoms with Crippen LogP contribution in [0, 0.1) is 0 Å². The van der Waals surface area contributed by atoms with Crippen LogP contribution in [0.15, 0.2) is 22.7 Å². The Morgan fingerprint density at radius 1 is 1.50 bits per heavy atom. The van der Waals surface area contributed by atoms with E-state index in [9.17, 15) is 0 Å². The molecule has 2 N–H and O–H groups in total. The lowest BCUT2D eigenvalue weighted by Gasteiger charge is -2.19. The van der Waals surface area contributed by atoms with E-state index in [1.807, 2.05) is 18.2 Å². The maximum atomic E-state index is 6.14. The van der Waals surface area contributed by atoms with Gasteiger partial charge in [-0.3, -0.25) is 0 Å². The summed E-state index contributed by atoms with van der Waals surface area (Å²) in [4.78, 5) is 2.24. The highest BCUT2D eigenvalue weighted by Crippen LogP contribution is 2.30. The number of nitrogens with two attached hydrogens (primary N) is 1. The molecule has 0 saturated carbocycles. The van der Waals surface area contributed by atoms with Crippen molar-refractivity contribution in [3.05, 3.63) is 27.7 Å². The fourth-order valence-electron chi connectivity index (χ4n) is 1.74. The first-order valence-corrected chi connectivity index (χ1v) is 5.79. The molecule has 1 unspecified atom stereocenters. The van der Waals surface area contributed by atoms with Crippen LogP contribution in [-0.4, -0.2) is 19.1 Å². The monoisotopic (exact) mass is 274 g/mol. The highest BCUT2D eigenvalue weighted by Gasteiger charge is 2.20. The number of hydrogen-bond donors (Lipinski definition) is 1. The van der Waals surface area contributed by atoms with E-state index in [2.05, 4.69) is 20.8 Å². The molecule has 0 bridgehead atoms. The molecular formula is C10H12BrClN2. The van der Waals surface area contributed by atoms with Crippen LogP contribution in [-0.2, 0) is 0 Å². The highest BCUT2D eigenvalue weighted by atomic mass is 79.9. The molecule has 1 saturated heterocycles. The Kier molecular flexibility index (Phi) is 3.00. The van der Waals surface area contributed by atoms with Crippen LogP contribution in [0.4, 0.5) is 5.69 Å². The molecule has 1 aliphatic heterocycles. The Hall–Kier alpha value is -0.250. The first-order valence-electron chi connectivity index (χ1n) is 4.62. The molecule has 1 atom stereocenters. The van der Waals surface area contributed by atoms with Crippen molar-refractivity contribution in [3.63, 3.8) is 0 Å². The SMILES string of the molecule is NC1CCN(c2ccc(Br)cc2Cl)C1. The van der Waals surface area contributed by atoms with Gasteiger partial charge in [0.2, 0.25) is 0 Å². The van der Waals surface area contributed by atoms with Crippen LogP contribution in [0.5, 0.6) is 0 Å². The number of halogens is 2. The van der Waals surface area contributed by atoms with Gasteiger partial charge in [-0.2, -0.15) is 0 Å². The lowest BCUT2D eigenvalue weighted by atomic mass is 10.3. The van der Waals surface area contributed by atoms with Gasteiger partial charge >= 0.3 is 0 Å². The Bertz CT molecular complexity index is 343. The topological polar surface area (TPSA) is 29.3 Å². The summed E-state index contributed by atoms with van der Waals surface area (Å²) in [6.07, 6.45) is 1.05. The molecule has 1 aromatic carbocycles. The van der Waals surface area contributed by atoms with E-state index in [4.69, 9.17) is 17.3 Å². The first-order chi connectivity index (χ1) is 6.66. The largest absolute Gasteiger partial charge is 0.369 e. The maximum Gasteiger partial charge on any atom is 0.0650 e. The average molecular weight is 276 g/mol. The predicted molar refractivity (Wildman–Crippen MR) is 64.0 cm³/mol. The minimum absolute atomic E-state index is 0.287. The second-order valence-corrected chi connectivity index (χ2v) is 4.91. The Labute approximate surface area is 97.2 Å². The van der Waals surface area contributed by atoms with Crippen molar-refractivity contribution in [2.24, 2.45) is 5.73 Å². The molecule has 0 amide bonds. The van der Waals surface area contributed by atoms with Crippen molar-refractivity contribution in [2.45, 2.75) is 12.5 Å². The number of hydrogen-bond acceptors (Lipinski definition) is 2. The number of anilines is 1. The predicted octanol–water partition coefficient (Wildman–Crippen LogP) is 2.64. The van der Waals surface area contributed by atoms with Gasteiger partial charge < -0.3 is 10.6 Å². The summed E-state index contributed by atoms with van der Waals surface area (Å²) in [6.45, 7) is 1.91. The van der Waals surface area contributed by atoms with Gasteiger partial charge in [0, 0.05) is 23.6 Å². The van der Waals surface area contributed by atoms with Gasteiger partial charge in [-0.1, -0.05) is 27.5 Å². The highest BCUT2D eigenvalue weighted by molar-refractivity contribution is 9.10. The third-order valence-corrected chi connectivity index (χ3v) is 3.27. The molecule has 1 heterocycles. The van der Waals surface area contributed by atoms with Crippen LogP contribution in [0.25, 0.3) is 0 Å². The fourth-order valence-corrected chi connectivity index (χ4v) is 2.54. The molecule has 0 radical (unpaired) electrons. The quantitative estimate of drug-likeness (QED) is 0.854. The summed E-state index contributed by atoms with van der Waals surface area (Å²) < 4.78 is 1.01. The second kappa shape index (κ2) is 4.09. The van der Waals surface area contributed by atoms with Crippen molar-refractivity contribution in [1.82, 2.24) is 0 Å². The van der Waals surface area contributed by atoms with Crippen LogP contribution in [0.1, 0.15) is 6.42 Å². The number of rotatable bonds is 1. The van der Waals surface area contributed by atoms with Crippen molar-refractivity contribution >= 4 is 33.2 Å². The molecule has 1 fully saturated rings. The molecular weight excluding hydrogens is 263 g/mol. The lowest BCUT2D eigenvalue weighted by molar-refractivity contribution is 0.752. The molecule has 1 aromatic rings. The summed E-state index contributed by atoms with van der Waals surface area (Å²) in [5.74, 6) is 0. The summed E-state index contributed by atoms with van der Waals surface area (Å²) >= 11 is 9.53. The summed E-state index contributed by atoms with van der Waals surface area (Å²) in [5, 5.41) is 0.786. The van der Waals surface area contributed by atoms with Crippen LogP contribution >= 0.6 is 27.5 Å². The minimum Gasteiger partial charge on any atom is -0.369 e. The molecule has 1 aliphatic rings. The third kappa shape index (κ3) is 2.05. The summed E-state index contributed by atoms with van der Waals surface area (Å²) in [7, 11) is 0. The summed E-state index contributed by atoms with van der Waals surface area (Å²) in [5.41, 5.74) is 6.93.